The number of hydrogen-bond acceptors (Lipinski definition) is 3. The summed E-state index contributed by atoms with van der Waals surface area (Å²) in [5.41, 5.74) is -0.840. The smallest absolute Gasteiger partial charge is 0.100 e. The molecule has 78 valence electrons. The molecule has 1 rings (SSSR count). The Bertz CT molecular complexity index is 161. The standard InChI is InChI=1S/C10H21NO2/c1-9(2)6-11-5-3-4-10(13,7-11)8-12/h9,12-13H,3-8H2,1-2H3. The molecule has 1 fully saturated rings. The van der Waals surface area contributed by atoms with Gasteiger partial charge in [0.2, 0.25) is 0 Å². The minimum atomic E-state index is -0.840. The molecule has 1 heterocycles. The highest BCUT2D eigenvalue weighted by Gasteiger charge is 2.32. The Balaban J connectivity index is 2.42. The van der Waals surface area contributed by atoms with Crippen molar-refractivity contribution in [2.75, 3.05) is 26.2 Å². The molecule has 1 aliphatic heterocycles. The van der Waals surface area contributed by atoms with Gasteiger partial charge in [0.05, 0.1) is 6.61 Å². The molecule has 0 aromatic rings. The van der Waals surface area contributed by atoms with Gasteiger partial charge in [0.25, 0.3) is 0 Å². The van der Waals surface area contributed by atoms with E-state index in [-0.39, 0.29) is 6.61 Å². The fourth-order valence-corrected chi connectivity index (χ4v) is 2.01. The van der Waals surface area contributed by atoms with Crippen molar-refractivity contribution in [3.8, 4) is 0 Å². The van der Waals surface area contributed by atoms with E-state index in [1.54, 1.807) is 0 Å². The molecule has 2 N–H and O–H groups in total. The van der Waals surface area contributed by atoms with Gasteiger partial charge < -0.3 is 15.1 Å². The number of rotatable bonds is 3. The van der Waals surface area contributed by atoms with Crippen LogP contribution in [0.4, 0.5) is 0 Å². The van der Waals surface area contributed by atoms with Crippen molar-refractivity contribution in [1.82, 2.24) is 4.90 Å². The first-order valence-electron chi connectivity index (χ1n) is 5.11. The van der Waals surface area contributed by atoms with E-state index in [4.69, 9.17) is 5.11 Å². The van der Waals surface area contributed by atoms with Crippen molar-refractivity contribution in [3.63, 3.8) is 0 Å². The topological polar surface area (TPSA) is 43.7 Å². The lowest BCUT2D eigenvalue weighted by molar-refractivity contribution is -0.0686. The largest absolute Gasteiger partial charge is 0.393 e. The van der Waals surface area contributed by atoms with Crippen molar-refractivity contribution < 1.29 is 10.2 Å². The van der Waals surface area contributed by atoms with E-state index in [1.165, 1.54) is 0 Å². The first kappa shape index (κ1) is 11.0. The maximum Gasteiger partial charge on any atom is 0.100 e. The highest BCUT2D eigenvalue weighted by Crippen LogP contribution is 2.20. The minimum Gasteiger partial charge on any atom is -0.393 e. The molecule has 0 aromatic carbocycles. The van der Waals surface area contributed by atoms with E-state index in [9.17, 15) is 5.11 Å². The second kappa shape index (κ2) is 4.40. The normalized spacial score (nSPS) is 31.2. The van der Waals surface area contributed by atoms with Gasteiger partial charge in [-0.2, -0.15) is 0 Å². The summed E-state index contributed by atoms with van der Waals surface area (Å²) in [6, 6.07) is 0. The molecular weight excluding hydrogens is 166 g/mol. The molecule has 1 saturated heterocycles. The van der Waals surface area contributed by atoms with Gasteiger partial charge in [0.1, 0.15) is 5.60 Å². The van der Waals surface area contributed by atoms with E-state index in [1.807, 2.05) is 0 Å². The zero-order valence-corrected chi connectivity index (χ0v) is 8.66. The first-order chi connectivity index (χ1) is 6.06. The molecule has 0 radical (unpaired) electrons. The fraction of sp³-hybridized carbons (Fsp3) is 1.00. The quantitative estimate of drug-likeness (QED) is 0.674. The SMILES string of the molecule is CC(C)CN1CCCC(O)(CO)C1. The Hall–Kier alpha value is -0.120. The summed E-state index contributed by atoms with van der Waals surface area (Å²) >= 11 is 0. The van der Waals surface area contributed by atoms with Gasteiger partial charge in [-0.05, 0) is 25.3 Å². The molecule has 0 aromatic heterocycles. The third kappa shape index (κ3) is 3.25. The predicted octanol–water partition coefficient (Wildman–Crippen LogP) is 0.462. The van der Waals surface area contributed by atoms with Gasteiger partial charge in [0.15, 0.2) is 0 Å². The van der Waals surface area contributed by atoms with Gasteiger partial charge in [-0.25, -0.2) is 0 Å². The number of aliphatic hydroxyl groups excluding tert-OH is 1. The summed E-state index contributed by atoms with van der Waals surface area (Å²) in [4.78, 5) is 2.24. The first-order valence-corrected chi connectivity index (χ1v) is 5.11. The molecule has 0 bridgehead atoms. The van der Waals surface area contributed by atoms with Crippen molar-refractivity contribution in [2.45, 2.75) is 32.3 Å². The summed E-state index contributed by atoms with van der Waals surface area (Å²) in [5, 5.41) is 18.9. The number of nitrogens with zero attached hydrogens (tertiary/aromatic N) is 1. The second-order valence-electron chi connectivity index (χ2n) is 4.61. The number of piperidine rings is 1. The van der Waals surface area contributed by atoms with Gasteiger partial charge >= 0.3 is 0 Å². The third-order valence-corrected chi connectivity index (χ3v) is 2.55. The Morgan fingerprint density at radius 2 is 2.15 bits per heavy atom. The Morgan fingerprint density at radius 3 is 2.69 bits per heavy atom. The van der Waals surface area contributed by atoms with Crippen molar-refractivity contribution in [1.29, 1.82) is 0 Å². The van der Waals surface area contributed by atoms with Crippen molar-refractivity contribution in [3.05, 3.63) is 0 Å². The summed E-state index contributed by atoms with van der Waals surface area (Å²) in [6.07, 6.45) is 1.72. The van der Waals surface area contributed by atoms with E-state index >= 15 is 0 Å². The lowest BCUT2D eigenvalue weighted by atomic mass is 9.93. The molecule has 0 amide bonds. The zero-order chi connectivity index (χ0) is 9.90. The Kier molecular flexibility index (Phi) is 3.71. The summed E-state index contributed by atoms with van der Waals surface area (Å²) in [6.45, 7) is 6.94. The average molecular weight is 187 g/mol. The van der Waals surface area contributed by atoms with Crippen LogP contribution in [-0.4, -0.2) is 47.0 Å². The number of aliphatic hydroxyl groups is 2. The zero-order valence-electron chi connectivity index (χ0n) is 8.66. The maximum absolute atomic E-state index is 9.87. The summed E-state index contributed by atoms with van der Waals surface area (Å²) < 4.78 is 0. The third-order valence-electron chi connectivity index (χ3n) is 2.55. The molecule has 0 saturated carbocycles. The van der Waals surface area contributed by atoms with E-state index in [0.717, 1.165) is 25.9 Å². The van der Waals surface area contributed by atoms with Gasteiger partial charge in [-0.15, -0.1) is 0 Å². The second-order valence-corrected chi connectivity index (χ2v) is 4.61. The lowest BCUT2D eigenvalue weighted by Crippen LogP contribution is -2.51. The van der Waals surface area contributed by atoms with Gasteiger partial charge in [0, 0.05) is 13.1 Å². The van der Waals surface area contributed by atoms with Gasteiger partial charge in [-0.1, -0.05) is 13.8 Å². The average Bonchev–Trinajstić information content (AvgIpc) is 2.03. The van der Waals surface area contributed by atoms with Crippen LogP contribution in [0.3, 0.4) is 0 Å². The highest BCUT2D eigenvalue weighted by atomic mass is 16.3. The van der Waals surface area contributed by atoms with Crippen LogP contribution in [0.5, 0.6) is 0 Å². The van der Waals surface area contributed by atoms with Crippen LogP contribution >= 0.6 is 0 Å². The summed E-state index contributed by atoms with van der Waals surface area (Å²) in [5.74, 6) is 0.626. The van der Waals surface area contributed by atoms with Crippen LogP contribution < -0.4 is 0 Å². The molecule has 3 heteroatoms. The molecule has 1 atom stereocenters. The van der Waals surface area contributed by atoms with E-state index in [0.29, 0.717) is 12.5 Å². The Labute approximate surface area is 80.4 Å². The van der Waals surface area contributed by atoms with Crippen LogP contribution in [0.2, 0.25) is 0 Å². The molecule has 0 aliphatic carbocycles. The van der Waals surface area contributed by atoms with E-state index in [2.05, 4.69) is 18.7 Å². The minimum absolute atomic E-state index is 0.110. The molecule has 3 nitrogen and oxygen atoms in total. The number of β-amino-alcohol motifs (C(OH)–C–C–N with tert-alkyl or cyclic N) is 1. The van der Waals surface area contributed by atoms with E-state index < -0.39 is 5.60 Å². The number of likely N-dealkylation sites (tertiary alicyclic amines) is 1. The predicted molar refractivity (Wildman–Crippen MR) is 52.5 cm³/mol. The molecule has 0 spiro atoms. The van der Waals surface area contributed by atoms with Crippen LogP contribution in [-0.2, 0) is 0 Å². The highest BCUT2D eigenvalue weighted by molar-refractivity contribution is 4.86. The Morgan fingerprint density at radius 1 is 1.46 bits per heavy atom. The summed E-state index contributed by atoms with van der Waals surface area (Å²) in [7, 11) is 0. The molecule has 1 aliphatic rings. The molecule has 1 unspecified atom stereocenters. The molecule has 13 heavy (non-hydrogen) atoms. The maximum atomic E-state index is 9.87. The van der Waals surface area contributed by atoms with Crippen molar-refractivity contribution >= 4 is 0 Å². The van der Waals surface area contributed by atoms with Crippen LogP contribution in [0.1, 0.15) is 26.7 Å². The van der Waals surface area contributed by atoms with Crippen molar-refractivity contribution in [2.24, 2.45) is 5.92 Å². The van der Waals surface area contributed by atoms with Gasteiger partial charge in [-0.3, -0.25) is 0 Å². The van der Waals surface area contributed by atoms with Crippen LogP contribution in [0, 0.1) is 5.92 Å². The fourth-order valence-electron chi connectivity index (χ4n) is 2.01. The monoisotopic (exact) mass is 187 g/mol. The lowest BCUT2D eigenvalue weighted by Gasteiger charge is -2.38. The van der Waals surface area contributed by atoms with Crippen LogP contribution in [0.25, 0.3) is 0 Å². The number of hydrogen-bond donors (Lipinski definition) is 2. The molecular formula is C10H21NO2. The van der Waals surface area contributed by atoms with Crippen LogP contribution in [0.15, 0.2) is 0 Å².